The average molecular weight is 369 g/mol. The highest BCUT2D eigenvalue weighted by molar-refractivity contribution is 6.30. The van der Waals surface area contributed by atoms with Gasteiger partial charge in [-0.2, -0.15) is 0 Å². The molecule has 1 aliphatic carbocycles. The Labute approximate surface area is 160 Å². The van der Waals surface area contributed by atoms with Crippen LogP contribution in [0.5, 0.6) is 0 Å². The molecule has 2 aromatic carbocycles. The number of halogens is 1. The van der Waals surface area contributed by atoms with Crippen molar-refractivity contribution in [1.29, 1.82) is 0 Å². The molecule has 1 saturated heterocycles. The maximum Gasteiger partial charge on any atom is 0.317 e. The fourth-order valence-electron chi connectivity index (χ4n) is 4.14. The number of rotatable bonds is 4. The summed E-state index contributed by atoms with van der Waals surface area (Å²) in [5, 5.41) is 3.99. The van der Waals surface area contributed by atoms with Gasteiger partial charge >= 0.3 is 6.03 Å². The molecule has 0 radical (unpaired) electrons. The summed E-state index contributed by atoms with van der Waals surface area (Å²) in [6.45, 7) is 1.74. The van der Waals surface area contributed by atoms with Crippen molar-refractivity contribution in [2.75, 3.05) is 13.1 Å². The Balaban J connectivity index is 1.22. The molecular weight excluding hydrogens is 344 g/mol. The normalized spacial score (nSPS) is 25.0. The number of carbonyl (C=O) groups is 1. The predicted octanol–water partition coefficient (Wildman–Crippen LogP) is 4.86. The summed E-state index contributed by atoms with van der Waals surface area (Å²) in [5.74, 6) is 1.12. The van der Waals surface area contributed by atoms with Crippen LogP contribution in [-0.2, 0) is 6.42 Å². The Kier molecular flexibility index (Phi) is 5.16. The largest absolute Gasteiger partial charge is 0.335 e. The van der Waals surface area contributed by atoms with Crippen LogP contribution in [0.15, 0.2) is 54.6 Å². The zero-order valence-corrected chi connectivity index (χ0v) is 15.7. The molecule has 0 spiro atoms. The average Bonchev–Trinajstić information content (AvgIpc) is 3.08. The van der Waals surface area contributed by atoms with Gasteiger partial charge in [-0.1, -0.05) is 54.1 Å². The van der Waals surface area contributed by atoms with Crippen LogP contribution < -0.4 is 5.32 Å². The summed E-state index contributed by atoms with van der Waals surface area (Å²) in [5.41, 5.74) is 2.69. The van der Waals surface area contributed by atoms with Gasteiger partial charge in [0, 0.05) is 24.2 Å². The lowest BCUT2D eigenvalue weighted by Crippen LogP contribution is -2.48. The van der Waals surface area contributed by atoms with E-state index in [-0.39, 0.29) is 6.03 Å². The van der Waals surface area contributed by atoms with Crippen molar-refractivity contribution in [2.45, 2.75) is 37.6 Å². The molecule has 2 amide bonds. The quantitative estimate of drug-likeness (QED) is 0.821. The van der Waals surface area contributed by atoms with Gasteiger partial charge in [-0.05, 0) is 60.8 Å². The van der Waals surface area contributed by atoms with E-state index in [9.17, 15) is 4.79 Å². The molecule has 1 N–H and O–H groups in total. The molecule has 1 atom stereocenters. The van der Waals surface area contributed by atoms with E-state index in [1.807, 2.05) is 23.1 Å². The van der Waals surface area contributed by atoms with Gasteiger partial charge in [0.2, 0.25) is 0 Å². The van der Waals surface area contributed by atoms with Gasteiger partial charge < -0.3 is 10.2 Å². The maximum atomic E-state index is 12.5. The SMILES string of the molecule is O=C(NC1CC(c2ccc(Cl)cc2)C1)N1CCC(Cc2ccccc2)C1. The Morgan fingerprint density at radius 3 is 2.54 bits per heavy atom. The van der Waals surface area contributed by atoms with Crippen molar-refractivity contribution in [3.8, 4) is 0 Å². The summed E-state index contributed by atoms with van der Waals surface area (Å²) in [6, 6.07) is 19.1. The van der Waals surface area contributed by atoms with Crippen LogP contribution in [0.4, 0.5) is 4.79 Å². The van der Waals surface area contributed by atoms with E-state index < -0.39 is 0 Å². The van der Waals surface area contributed by atoms with E-state index in [1.54, 1.807) is 0 Å². The van der Waals surface area contributed by atoms with E-state index in [4.69, 9.17) is 11.6 Å². The summed E-state index contributed by atoms with van der Waals surface area (Å²) in [4.78, 5) is 14.5. The third-order valence-electron chi connectivity index (χ3n) is 5.75. The van der Waals surface area contributed by atoms with Crippen molar-refractivity contribution in [3.63, 3.8) is 0 Å². The van der Waals surface area contributed by atoms with Gasteiger partial charge in [0.15, 0.2) is 0 Å². The number of likely N-dealkylation sites (tertiary alicyclic amines) is 1. The lowest BCUT2D eigenvalue weighted by Gasteiger charge is -2.37. The fraction of sp³-hybridized carbons (Fsp3) is 0.409. The molecular formula is C22H25ClN2O. The molecule has 4 rings (SSSR count). The Morgan fingerprint density at radius 2 is 1.81 bits per heavy atom. The van der Waals surface area contributed by atoms with E-state index in [0.717, 1.165) is 43.8 Å². The van der Waals surface area contributed by atoms with Crippen LogP contribution in [0, 0.1) is 5.92 Å². The highest BCUT2D eigenvalue weighted by Gasteiger charge is 2.34. The third-order valence-corrected chi connectivity index (χ3v) is 6.00. The fourth-order valence-corrected chi connectivity index (χ4v) is 4.27. The van der Waals surface area contributed by atoms with Crippen LogP contribution in [0.2, 0.25) is 5.02 Å². The minimum Gasteiger partial charge on any atom is -0.335 e. The van der Waals surface area contributed by atoms with E-state index in [1.165, 1.54) is 11.1 Å². The van der Waals surface area contributed by atoms with Crippen LogP contribution in [0.25, 0.3) is 0 Å². The number of benzene rings is 2. The number of urea groups is 1. The maximum absolute atomic E-state index is 12.5. The molecule has 2 fully saturated rings. The number of nitrogens with one attached hydrogen (secondary N) is 1. The third kappa shape index (κ3) is 4.04. The van der Waals surface area contributed by atoms with Crippen LogP contribution in [-0.4, -0.2) is 30.1 Å². The molecule has 1 unspecified atom stereocenters. The number of nitrogens with zero attached hydrogens (tertiary/aromatic N) is 1. The minimum atomic E-state index is 0.111. The minimum absolute atomic E-state index is 0.111. The molecule has 26 heavy (non-hydrogen) atoms. The highest BCUT2D eigenvalue weighted by atomic mass is 35.5. The summed E-state index contributed by atoms with van der Waals surface area (Å²) < 4.78 is 0. The summed E-state index contributed by atoms with van der Waals surface area (Å²) in [7, 11) is 0. The first-order valence-corrected chi connectivity index (χ1v) is 9.90. The van der Waals surface area contributed by atoms with Crippen molar-refractivity contribution < 1.29 is 4.79 Å². The Morgan fingerprint density at radius 1 is 1.08 bits per heavy atom. The number of hydrogen-bond donors (Lipinski definition) is 1. The van der Waals surface area contributed by atoms with Gasteiger partial charge in [-0.15, -0.1) is 0 Å². The van der Waals surface area contributed by atoms with Crippen molar-refractivity contribution in [2.24, 2.45) is 5.92 Å². The van der Waals surface area contributed by atoms with Crippen molar-refractivity contribution >= 4 is 17.6 Å². The zero-order chi connectivity index (χ0) is 17.9. The topological polar surface area (TPSA) is 32.3 Å². The zero-order valence-electron chi connectivity index (χ0n) is 14.9. The second kappa shape index (κ2) is 7.71. The van der Waals surface area contributed by atoms with Gasteiger partial charge in [-0.3, -0.25) is 0 Å². The van der Waals surface area contributed by atoms with Gasteiger partial charge in [0.25, 0.3) is 0 Å². The standard InChI is InChI=1S/C22H25ClN2O/c23-20-8-6-18(7-9-20)19-13-21(14-19)24-22(26)25-11-10-17(15-25)12-16-4-2-1-3-5-16/h1-9,17,19,21H,10-15H2,(H,24,26). The molecule has 0 bridgehead atoms. The van der Waals surface area contributed by atoms with Gasteiger partial charge in [0.1, 0.15) is 0 Å². The van der Waals surface area contributed by atoms with Gasteiger partial charge in [0.05, 0.1) is 0 Å². The molecule has 3 nitrogen and oxygen atoms in total. The molecule has 4 heteroatoms. The van der Waals surface area contributed by atoms with Crippen molar-refractivity contribution in [1.82, 2.24) is 10.2 Å². The molecule has 0 aromatic heterocycles. The monoisotopic (exact) mass is 368 g/mol. The van der Waals surface area contributed by atoms with Crippen molar-refractivity contribution in [3.05, 3.63) is 70.7 Å². The Bertz CT molecular complexity index is 740. The van der Waals surface area contributed by atoms with E-state index in [2.05, 4.69) is 41.7 Å². The van der Waals surface area contributed by atoms with Gasteiger partial charge in [-0.25, -0.2) is 4.79 Å². The molecule has 2 aromatic rings. The molecule has 1 aliphatic heterocycles. The first kappa shape index (κ1) is 17.4. The highest BCUT2D eigenvalue weighted by Crippen LogP contribution is 2.37. The second-order valence-electron chi connectivity index (χ2n) is 7.66. The van der Waals surface area contributed by atoms with E-state index in [0.29, 0.717) is 17.9 Å². The smallest absolute Gasteiger partial charge is 0.317 e. The summed E-state index contributed by atoms with van der Waals surface area (Å²) in [6.07, 6.45) is 4.20. The first-order chi connectivity index (χ1) is 12.7. The number of amides is 2. The lowest BCUT2D eigenvalue weighted by molar-refractivity contribution is 0.190. The number of hydrogen-bond acceptors (Lipinski definition) is 1. The lowest BCUT2D eigenvalue weighted by atomic mass is 9.76. The van der Waals surface area contributed by atoms with Crippen LogP contribution >= 0.6 is 11.6 Å². The number of carbonyl (C=O) groups excluding carboxylic acids is 1. The molecule has 136 valence electrons. The van der Waals surface area contributed by atoms with E-state index >= 15 is 0 Å². The van der Waals surface area contributed by atoms with Crippen LogP contribution in [0.1, 0.15) is 36.3 Å². The Hall–Kier alpha value is -2.00. The second-order valence-corrected chi connectivity index (χ2v) is 8.09. The predicted molar refractivity (Wildman–Crippen MR) is 106 cm³/mol. The molecule has 2 aliphatic rings. The molecule has 1 heterocycles. The van der Waals surface area contributed by atoms with Crippen LogP contribution in [0.3, 0.4) is 0 Å². The first-order valence-electron chi connectivity index (χ1n) is 9.52. The summed E-state index contributed by atoms with van der Waals surface area (Å²) >= 11 is 5.95. The molecule has 1 saturated carbocycles.